The first kappa shape index (κ1) is 10.4. The van der Waals surface area contributed by atoms with Gasteiger partial charge in [-0.25, -0.2) is 0 Å². The minimum absolute atomic E-state index is 0.0299. The van der Waals surface area contributed by atoms with Crippen LogP contribution in [0.3, 0.4) is 0 Å². The molecule has 0 aliphatic rings. The lowest BCUT2D eigenvalue weighted by molar-refractivity contribution is 0.767. The number of anilines is 1. The molecule has 6 N–H and O–H groups in total. The van der Waals surface area contributed by atoms with E-state index in [1.165, 1.54) is 5.56 Å². The lowest BCUT2D eigenvalue weighted by Crippen LogP contribution is -2.31. The van der Waals surface area contributed by atoms with Crippen molar-refractivity contribution in [2.45, 2.75) is 12.8 Å². The smallest absolute Gasteiger partial charge is 0.185 e. The Bertz CT molecular complexity index is 291. The molecule has 0 spiro atoms. The zero-order chi connectivity index (χ0) is 10.4. The Morgan fingerprint density at radius 3 is 2.50 bits per heavy atom. The standard InChI is InChI=1S/C10H16N4/c11-9-5-3-8(4-6-9)2-1-7-14-10(12)13/h3-6H,1-2,7,11H2,(H4,12,13,14). The molecule has 4 nitrogen and oxygen atoms in total. The second kappa shape index (κ2) is 5.11. The summed E-state index contributed by atoms with van der Waals surface area (Å²) in [4.78, 5) is 0. The number of benzene rings is 1. The molecule has 1 aromatic rings. The molecule has 0 aliphatic carbocycles. The number of nitrogens with one attached hydrogen (secondary N) is 2. The first-order chi connectivity index (χ1) is 6.68. The SMILES string of the molecule is N=C(N)NCCCc1ccc(N)cc1. The number of rotatable bonds is 4. The second-order valence-electron chi connectivity index (χ2n) is 3.19. The van der Waals surface area contributed by atoms with E-state index in [2.05, 4.69) is 5.32 Å². The molecule has 0 unspecified atom stereocenters. The van der Waals surface area contributed by atoms with Crippen molar-refractivity contribution < 1.29 is 0 Å². The summed E-state index contributed by atoms with van der Waals surface area (Å²) in [5, 5.41) is 9.72. The van der Waals surface area contributed by atoms with Crippen molar-refractivity contribution in [3.63, 3.8) is 0 Å². The quantitative estimate of drug-likeness (QED) is 0.245. The fourth-order valence-corrected chi connectivity index (χ4v) is 1.20. The molecule has 14 heavy (non-hydrogen) atoms. The number of guanidine groups is 1. The van der Waals surface area contributed by atoms with Gasteiger partial charge in [-0.15, -0.1) is 0 Å². The van der Waals surface area contributed by atoms with Crippen molar-refractivity contribution in [2.24, 2.45) is 5.73 Å². The molecule has 0 aromatic heterocycles. The molecule has 1 rings (SSSR count). The highest BCUT2D eigenvalue weighted by atomic mass is 15.0. The van der Waals surface area contributed by atoms with Crippen LogP contribution in [0, 0.1) is 5.41 Å². The molecule has 0 fully saturated rings. The summed E-state index contributed by atoms with van der Waals surface area (Å²) in [6.07, 6.45) is 1.93. The normalized spacial score (nSPS) is 9.71. The Hall–Kier alpha value is -1.71. The van der Waals surface area contributed by atoms with Gasteiger partial charge in [-0.1, -0.05) is 12.1 Å². The Labute approximate surface area is 83.8 Å². The van der Waals surface area contributed by atoms with E-state index in [1.807, 2.05) is 24.3 Å². The van der Waals surface area contributed by atoms with E-state index >= 15 is 0 Å². The zero-order valence-electron chi connectivity index (χ0n) is 8.09. The number of hydrogen-bond donors (Lipinski definition) is 4. The molecular formula is C10H16N4. The minimum Gasteiger partial charge on any atom is -0.399 e. The lowest BCUT2D eigenvalue weighted by Gasteiger charge is -2.03. The maximum absolute atomic E-state index is 6.96. The number of hydrogen-bond acceptors (Lipinski definition) is 2. The Balaban J connectivity index is 2.25. The van der Waals surface area contributed by atoms with E-state index in [1.54, 1.807) is 0 Å². The first-order valence-corrected chi connectivity index (χ1v) is 4.61. The predicted molar refractivity (Wildman–Crippen MR) is 59.1 cm³/mol. The fraction of sp³-hybridized carbons (Fsp3) is 0.300. The maximum atomic E-state index is 6.96. The van der Waals surface area contributed by atoms with Crippen LogP contribution < -0.4 is 16.8 Å². The van der Waals surface area contributed by atoms with Gasteiger partial charge in [0.2, 0.25) is 0 Å². The summed E-state index contributed by atoms with van der Waals surface area (Å²) in [7, 11) is 0. The highest BCUT2D eigenvalue weighted by molar-refractivity contribution is 5.74. The van der Waals surface area contributed by atoms with Gasteiger partial charge >= 0.3 is 0 Å². The topological polar surface area (TPSA) is 87.9 Å². The van der Waals surface area contributed by atoms with Crippen LogP contribution in [0.25, 0.3) is 0 Å². The second-order valence-corrected chi connectivity index (χ2v) is 3.19. The molecule has 0 saturated heterocycles. The van der Waals surface area contributed by atoms with Gasteiger partial charge in [0, 0.05) is 12.2 Å². The number of nitrogens with two attached hydrogens (primary N) is 2. The van der Waals surface area contributed by atoms with Crippen molar-refractivity contribution in [1.82, 2.24) is 5.32 Å². The van der Waals surface area contributed by atoms with Gasteiger partial charge in [0.15, 0.2) is 5.96 Å². The van der Waals surface area contributed by atoms with Crippen molar-refractivity contribution in [2.75, 3.05) is 12.3 Å². The maximum Gasteiger partial charge on any atom is 0.185 e. The van der Waals surface area contributed by atoms with E-state index in [4.69, 9.17) is 16.9 Å². The molecule has 0 radical (unpaired) electrons. The van der Waals surface area contributed by atoms with Crippen molar-refractivity contribution in [3.05, 3.63) is 29.8 Å². The van der Waals surface area contributed by atoms with E-state index < -0.39 is 0 Å². The molecule has 0 aliphatic heterocycles. The van der Waals surface area contributed by atoms with Crippen LogP contribution >= 0.6 is 0 Å². The minimum atomic E-state index is 0.0299. The van der Waals surface area contributed by atoms with E-state index in [-0.39, 0.29) is 5.96 Å². The van der Waals surface area contributed by atoms with Crippen LogP contribution in [0.1, 0.15) is 12.0 Å². The van der Waals surface area contributed by atoms with Gasteiger partial charge in [0.1, 0.15) is 0 Å². The third-order valence-electron chi connectivity index (χ3n) is 1.94. The average molecular weight is 192 g/mol. The largest absolute Gasteiger partial charge is 0.399 e. The van der Waals surface area contributed by atoms with E-state index in [0.717, 1.165) is 25.1 Å². The Morgan fingerprint density at radius 1 is 1.29 bits per heavy atom. The van der Waals surface area contributed by atoms with E-state index in [9.17, 15) is 0 Å². The molecular weight excluding hydrogens is 176 g/mol. The third kappa shape index (κ3) is 3.80. The third-order valence-corrected chi connectivity index (χ3v) is 1.94. The number of nitrogen functional groups attached to an aromatic ring is 1. The van der Waals surface area contributed by atoms with Crippen molar-refractivity contribution >= 4 is 11.6 Å². The van der Waals surface area contributed by atoms with Crippen LogP contribution in [-0.4, -0.2) is 12.5 Å². The molecule has 1 aromatic carbocycles. The Kier molecular flexibility index (Phi) is 3.79. The molecule has 0 amide bonds. The zero-order valence-corrected chi connectivity index (χ0v) is 8.09. The highest BCUT2D eigenvalue weighted by Gasteiger charge is 1.93. The first-order valence-electron chi connectivity index (χ1n) is 4.61. The summed E-state index contributed by atoms with van der Waals surface area (Å²) in [5.41, 5.74) is 12.8. The van der Waals surface area contributed by atoms with Gasteiger partial charge in [-0.3, -0.25) is 5.41 Å². The van der Waals surface area contributed by atoms with Gasteiger partial charge in [0.25, 0.3) is 0 Å². The molecule has 0 saturated carbocycles. The van der Waals surface area contributed by atoms with Gasteiger partial charge in [0.05, 0.1) is 0 Å². The average Bonchev–Trinajstić information content (AvgIpc) is 2.15. The number of aryl methyl sites for hydroxylation is 1. The van der Waals surface area contributed by atoms with Crippen LogP contribution in [0.5, 0.6) is 0 Å². The van der Waals surface area contributed by atoms with Crippen molar-refractivity contribution in [1.29, 1.82) is 5.41 Å². The lowest BCUT2D eigenvalue weighted by atomic mass is 10.1. The fourth-order valence-electron chi connectivity index (χ4n) is 1.20. The van der Waals surface area contributed by atoms with Crippen molar-refractivity contribution in [3.8, 4) is 0 Å². The summed E-state index contributed by atoms with van der Waals surface area (Å²) in [6.45, 7) is 0.736. The highest BCUT2D eigenvalue weighted by Crippen LogP contribution is 2.06. The Morgan fingerprint density at radius 2 is 1.93 bits per heavy atom. The van der Waals surface area contributed by atoms with Crippen LogP contribution in [0.15, 0.2) is 24.3 Å². The molecule has 4 heteroatoms. The molecule has 0 bridgehead atoms. The van der Waals surface area contributed by atoms with Crippen LogP contribution in [0.4, 0.5) is 5.69 Å². The summed E-state index contributed by atoms with van der Waals surface area (Å²) < 4.78 is 0. The van der Waals surface area contributed by atoms with Gasteiger partial charge in [-0.2, -0.15) is 0 Å². The van der Waals surface area contributed by atoms with E-state index in [0.29, 0.717) is 0 Å². The monoisotopic (exact) mass is 192 g/mol. The molecule has 0 heterocycles. The van der Waals surface area contributed by atoms with Crippen LogP contribution in [-0.2, 0) is 6.42 Å². The predicted octanol–water partition coefficient (Wildman–Crippen LogP) is 0.684. The van der Waals surface area contributed by atoms with Gasteiger partial charge < -0.3 is 16.8 Å². The molecule has 0 atom stereocenters. The van der Waals surface area contributed by atoms with Crippen LogP contribution in [0.2, 0.25) is 0 Å². The molecule has 76 valence electrons. The summed E-state index contributed by atoms with van der Waals surface area (Å²) >= 11 is 0. The summed E-state index contributed by atoms with van der Waals surface area (Å²) in [6, 6.07) is 7.83. The summed E-state index contributed by atoms with van der Waals surface area (Å²) in [5.74, 6) is 0.0299. The van der Waals surface area contributed by atoms with Gasteiger partial charge in [-0.05, 0) is 30.5 Å².